The second-order valence-electron chi connectivity index (χ2n) is 3.68. The lowest BCUT2D eigenvalue weighted by Gasteiger charge is -2.04. The Morgan fingerprint density at radius 1 is 1.50 bits per heavy atom. The molecule has 0 aliphatic rings. The molecule has 0 bridgehead atoms. The van der Waals surface area contributed by atoms with Crippen LogP contribution in [0.1, 0.15) is 37.5 Å². The molecule has 0 saturated carbocycles. The molecule has 5 heteroatoms. The van der Waals surface area contributed by atoms with E-state index in [1.165, 1.54) is 0 Å². The van der Waals surface area contributed by atoms with Crippen LogP contribution in [0.4, 0.5) is 0 Å². The van der Waals surface area contributed by atoms with Crippen LogP contribution in [-0.2, 0) is 6.54 Å². The molecule has 0 aliphatic heterocycles. The van der Waals surface area contributed by atoms with Gasteiger partial charge in [-0.15, -0.1) is 0 Å². The van der Waals surface area contributed by atoms with Crippen molar-refractivity contribution in [3.63, 3.8) is 0 Å². The molecule has 2 N–H and O–H groups in total. The molecule has 5 nitrogen and oxygen atoms in total. The molecule has 1 aromatic heterocycles. The SMILES string of the molecule is CCCC(N)c1nc(CN(C)C)no1. The standard InChI is InChI=1S/C9H18N4O/c1-4-5-7(10)9-11-8(12-14-9)6-13(2)3/h7H,4-6,10H2,1-3H3. The van der Waals surface area contributed by atoms with Crippen LogP contribution in [0.5, 0.6) is 0 Å². The predicted octanol–water partition coefficient (Wildman–Crippen LogP) is 0.931. The molecular weight excluding hydrogens is 180 g/mol. The smallest absolute Gasteiger partial charge is 0.243 e. The molecule has 0 amide bonds. The minimum Gasteiger partial charge on any atom is -0.338 e. The van der Waals surface area contributed by atoms with E-state index >= 15 is 0 Å². The van der Waals surface area contributed by atoms with E-state index in [9.17, 15) is 0 Å². The Hall–Kier alpha value is -0.940. The fraction of sp³-hybridized carbons (Fsp3) is 0.778. The average Bonchev–Trinajstić information content (AvgIpc) is 2.52. The van der Waals surface area contributed by atoms with Crippen LogP contribution in [-0.4, -0.2) is 29.1 Å². The summed E-state index contributed by atoms with van der Waals surface area (Å²) in [6.07, 6.45) is 1.90. The Balaban J connectivity index is 2.58. The number of hydrogen-bond acceptors (Lipinski definition) is 5. The second-order valence-corrected chi connectivity index (χ2v) is 3.68. The fourth-order valence-electron chi connectivity index (χ4n) is 1.20. The van der Waals surface area contributed by atoms with Crippen LogP contribution in [0.3, 0.4) is 0 Å². The lowest BCUT2D eigenvalue weighted by Crippen LogP contribution is -2.13. The summed E-state index contributed by atoms with van der Waals surface area (Å²) >= 11 is 0. The highest BCUT2D eigenvalue weighted by molar-refractivity contribution is 4.91. The molecule has 1 heterocycles. The highest BCUT2D eigenvalue weighted by atomic mass is 16.5. The molecule has 0 spiro atoms. The van der Waals surface area contributed by atoms with E-state index in [2.05, 4.69) is 17.1 Å². The lowest BCUT2D eigenvalue weighted by atomic mass is 10.2. The summed E-state index contributed by atoms with van der Waals surface area (Å²) in [5.41, 5.74) is 5.84. The molecule has 0 aromatic carbocycles. The first-order valence-corrected chi connectivity index (χ1v) is 4.86. The zero-order valence-corrected chi connectivity index (χ0v) is 9.03. The van der Waals surface area contributed by atoms with Gasteiger partial charge < -0.3 is 15.2 Å². The minimum absolute atomic E-state index is 0.122. The summed E-state index contributed by atoms with van der Waals surface area (Å²) in [5.74, 6) is 1.24. The molecule has 0 saturated heterocycles. The van der Waals surface area contributed by atoms with E-state index in [0.717, 1.165) is 12.8 Å². The quantitative estimate of drug-likeness (QED) is 0.762. The molecule has 14 heavy (non-hydrogen) atoms. The Labute approximate surface area is 84.3 Å². The van der Waals surface area contributed by atoms with Gasteiger partial charge in [-0.25, -0.2) is 0 Å². The van der Waals surface area contributed by atoms with Crippen molar-refractivity contribution in [2.24, 2.45) is 5.73 Å². The van der Waals surface area contributed by atoms with Gasteiger partial charge in [0.15, 0.2) is 5.82 Å². The summed E-state index contributed by atoms with van der Waals surface area (Å²) < 4.78 is 5.07. The second kappa shape index (κ2) is 5.07. The number of aromatic nitrogens is 2. The number of nitrogens with zero attached hydrogens (tertiary/aromatic N) is 3. The van der Waals surface area contributed by atoms with Crippen LogP contribution in [0.2, 0.25) is 0 Å². The number of hydrogen-bond donors (Lipinski definition) is 1. The third kappa shape index (κ3) is 3.08. The molecule has 1 aromatic rings. The fourth-order valence-corrected chi connectivity index (χ4v) is 1.20. The molecule has 0 radical (unpaired) electrons. The Morgan fingerprint density at radius 2 is 2.21 bits per heavy atom. The van der Waals surface area contributed by atoms with Gasteiger partial charge in [0.1, 0.15) is 0 Å². The molecular formula is C9H18N4O. The van der Waals surface area contributed by atoms with Gasteiger partial charge in [0.2, 0.25) is 5.89 Å². The van der Waals surface area contributed by atoms with Crippen molar-refractivity contribution in [3.8, 4) is 0 Å². The first-order valence-electron chi connectivity index (χ1n) is 4.86. The van der Waals surface area contributed by atoms with Crippen molar-refractivity contribution < 1.29 is 4.52 Å². The predicted molar refractivity (Wildman–Crippen MR) is 53.5 cm³/mol. The topological polar surface area (TPSA) is 68.2 Å². The molecule has 1 unspecified atom stereocenters. The zero-order chi connectivity index (χ0) is 10.6. The van der Waals surface area contributed by atoms with Gasteiger partial charge in [0.25, 0.3) is 0 Å². The van der Waals surface area contributed by atoms with E-state index in [0.29, 0.717) is 18.3 Å². The van der Waals surface area contributed by atoms with Gasteiger partial charge in [0.05, 0.1) is 12.6 Å². The Kier molecular flexibility index (Phi) is 4.03. The van der Waals surface area contributed by atoms with E-state index in [-0.39, 0.29) is 6.04 Å². The lowest BCUT2D eigenvalue weighted by molar-refractivity contribution is 0.332. The summed E-state index contributed by atoms with van der Waals surface area (Å²) in [4.78, 5) is 6.21. The van der Waals surface area contributed by atoms with Gasteiger partial charge >= 0.3 is 0 Å². The first kappa shape index (κ1) is 11.1. The Bertz CT molecular complexity index is 272. The third-order valence-electron chi connectivity index (χ3n) is 1.86. The van der Waals surface area contributed by atoms with Crippen molar-refractivity contribution >= 4 is 0 Å². The highest BCUT2D eigenvalue weighted by Crippen LogP contribution is 2.13. The van der Waals surface area contributed by atoms with E-state index in [1.54, 1.807) is 0 Å². The molecule has 0 aliphatic carbocycles. The normalized spacial score (nSPS) is 13.5. The van der Waals surface area contributed by atoms with Crippen molar-refractivity contribution in [3.05, 3.63) is 11.7 Å². The van der Waals surface area contributed by atoms with E-state index in [4.69, 9.17) is 10.3 Å². The van der Waals surface area contributed by atoms with Crippen LogP contribution < -0.4 is 5.73 Å². The largest absolute Gasteiger partial charge is 0.338 e. The molecule has 0 fully saturated rings. The van der Waals surface area contributed by atoms with Crippen molar-refractivity contribution in [2.75, 3.05) is 14.1 Å². The van der Waals surface area contributed by atoms with E-state index in [1.807, 2.05) is 19.0 Å². The van der Waals surface area contributed by atoms with Crippen molar-refractivity contribution in [2.45, 2.75) is 32.4 Å². The van der Waals surface area contributed by atoms with Gasteiger partial charge in [0, 0.05) is 0 Å². The monoisotopic (exact) mass is 198 g/mol. The first-order chi connectivity index (χ1) is 6.63. The maximum atomic E-state index is 5.84. The third-order valence-corrected chi connectivity index (χ3v) is 1.86. The summed E-state index contributed by atoms with van der Waals surface area (Å²) in [7, 11) is 3.92. The average molecular weight is 198 g/mol. The number of rotatable bonds is 5. The van der Waals surface area contributed by atoms with Gasteiger partial charge in [-0.2, -0.15) is 4.98 Å². The van der Waals surface area contributed by atoms with Crippen LogP contribution >= 0.6 is 0 Å². The van der Waals surface area contributed by atoms with Crippen LogP contribution in [0.25, 0.3) is 0 Å². The van der Waals surface area contributed by atoms with Crippen molar-refractivity contribution in [1.82, 2.24) is 15.0 Å². The zero-order valence-electron chi connectivity index (χ0n) is 9.03. The summed E-state index contributed by atoms with van der Waals surface area (Å²) in [6.45, 7) is 2.76. The number of nitrogens with two attached hydrogens (primary N) is 1. The van der Waals surface area contributed by atoms with Gasteiger partial charge in [-0.05, 0) is 20.5 Å². The Morgan fingerprint density at radius 3 is 2.79 bits per heavy atom. The van der Waals surface area contributed by atoms with E-state index < -0.39 is 0 Å². The van der Waals surface area contributed by atoms with Gasteiger partial charge in [-0.1, -0.05) is 18.5 Å². The summed E-state index contributed by atoms with van der Waals surface area (Å²) in [6, 6.07) is -0.122. The molecule has 1 rings (SSSR count). The minimum atomic E-state index is -0.122. The van der Waals surface area contributed by atoms with Crippen LogP contribution in [0, 0.1) is 0 Å². The van der Waals surface area contributed by atoms with Crippen molar-refractivity contribution in [1.29, 1.82) is 0 Å². The maximum absolute atomic E-state index is 5.84. The molecule has 1 atom stereocenters. The summed E-state index contributed by atoms with van der Waals surface area (Å²) in [5, 5.41) is 3.85. The highest BCUT2D eigenvalue weighted by Gasteiger charge is 2.13. The van der Waals surface area contributed by atoms with Gasteiger partial charge in [-0.3, -0.25) is 0 Å². The maximum Gasteiger partial charge on any atom is 0.243 e. The van der Waals surface area contributed by atoms with Crippen LogP contribution in [0.15, 0.2) is 4.52 Å². The molecule has 80 valence electrons.